The van der Waals surface area contributed by atoms with Crippen LogP contribution in [0.4, 0.5) is 5.69 Å². The highest BCUT2D eigenvalue weighted by Gasteiger charge is 2.27. The van der Waals surface area contributed by atoms with Gasteiger partial charge in [-0.15, -0.1) is 0 Å². The maximum atomic E-state index is 12.7. The molecule has 1 aliphatic rings. The fourth-order valence-electron chi connectivity index (χ4n) is 3.10. The Kier molecular flexibility index (Phi) is 5.71. The molecule has 0 fully saturated rings. The summed E-state index contributed by atoms with van der Waals surface area (Å²) in [5.74, 6) is 1.17. The zero-order chi connectivity index (χ0) is 21.3. The van der Waals surface area contributed by atoms with Gasteiger partial charge >= 0.3 is 0 Å². The third-order valence-corrected chi connectivity index (χ3v) is 5.50. The van der Waals surface area contributed by atoms with Gasteiger partial charge in [-0.2, -0.15) is 0 Å². The Morgan fingerprint density at radius 2 is 1.70 bits per heavy atom. The van der Waals surface area contributed by atoms with Gasteiger partial charge in [0.05, 0.1) is 5.56 Å². The van der Waals surface area contributed by atoms with E-state index in [9.17, 15) is 4.79 Å². The summed E-state index contributed by atoms with van der Waals surface area (Å²) < 4.78 is 11.6. The number of benzene rings is 3. The lowest BCUT2D eigenvalue weighted by Gasteiger charge is -2.11. The average molecular weight is 440 g/mol. The van der Waals surface area contributed by atoms with Crippen molar-refractivity contribution in [2.45, 2.75) is 6.61 Å². The number of Topliss-reactive ketones (excluding diaryl/α,β-unsaturated/α-hetero) is 1. The highest BCUT2D eigenvalue weighted by Crippen LogP contribution is 2.35. The van der Waals surface area contributed by atoms with Crippen LogP contribution in [0, 0.1) is 0 Å². The summed E-state index contributed by atoms with van der Waals surface area (Å²) >= 11 is 12.4. The molecule has 0 spiro atoms. The molecule has 0 N–H and O–H groups in total. The minimum absolute atomic E-state index is 0.151. The monoisotopic (exact) mass is 439 g/mol. The summed E-state index contributed by atoms with van der Waals surface area (Å²) in [4.78, 5) is 14.7. The van der Waals surface area contributed by atoms with Crippen molar-refractivity contribution in [1.29, 1.82) is 0 Å². The number of hydrogen-bond acceptors (Lipinski definition) is 4. The number of ketones is 1. The molecule has 0 bridgehead atoms. The normalized spacial score (nSPS) is 13.9. The van der Waals surface area contributed by atoms with Gasteiger partial charge in [0, 0.05) is 41.5 Å². The summed E-state index contributed by atoms with van der Waals surface area (Å²) in [6, 6.07) is 18.3. The molecule has 0 aromatic heterocycles. The molecule has 1 aliphatic heterocycles. The largest absolute Gasteiger partial charge is 0.489 e. The number of ether oxygens (including phenoxy) is 2. The molecule has 0 saturated carbocycles. The third kappa shape index (κ3) is 4.16. The minimum Gasteiger partial charge on any atom is -0.489 e. The molecular formula is C24H19Cl2NO3. The van der Waals surface area contributed by atoms with E-state index in [2.05, 4.69) is 0 Å². The molecule has 0 amide bonds. The van der Waals surface area contributed by atoms with Crippen molar-refractivity contribution in [3.63, 3.8) is 0 Å². The first kappa shape index (κ1) is 20.3. The van der Waals surface area contributed by atoms with Gasteiger partial charge < -0.3 is 14.4 Å². The molecule has 0 radical (unpaired) electrons. The molecule has 152 valence electrons. The number of fused-ring (bicyclic) bond motifs is 1. The Morgan fingerprint density at radius 3 is 2.37 bits per heavy atom. The van der Waals surface area contributed by atoms with Crippen LogP contribution in [0.15, 0.2) is 66.4 Å². The van der Waals surface area contributed by atoms with Gasteiger partial charge in [0.2, 0.25) is 5.78 Å². The number of allylic oxidation sites excluding steroid dienone is 1. The lowest BCUT2D eigenvalue weighted by Crippen LogP contribution is -2.08. The van der Waals surface area contributed by atoms with Gasteiger partial charge in [-0.3, -0.25) is 4.79 Å². The molecule has 0 aliphatic carbocycles. The second-order valence-electron chi connectivity index (χ2n) is 7.07. The van der Waals surface area contributed by atoms with Crippen molar-refractivity contribution < 1.29 is 14.3 Å². The summed E-state index contributed by atoms with van der Waals surface area (Å²) in [6.07, 6.45) is 1.74. The van der Waals surface area contributed by atoms with E-state index in [1.165, 1.54) is 0 Å². The summed E-state index contributed by atoms with van der Waals surface area (Å²) in [6.45, 7) is 0.214. The van der Waals surface area contributed by atoms with Crippen LogP contribution < -0.4 is 14.4 Å². The van der Waals surface area contributed by atoms with Crippen molar-refractivity contribution in [1.82, 2.24) is 0 Å². The first-order chi connectivity index (χ1) is 14.4. The van der Waals surface area contributed by atoms with Gasteiger partial charge in [0.25, 0.3) is 0 Å². The Bertz CT molecular complexity index is 1120. The maximum absolute atomic E-state index is 12.7. The molecular weight excluding hydrogens is 421 g/mol. The van der Waals surface area contributed by atoms with Crippen LogP contribution in [0.1, 0.15) is 21.5 Å². The van der Waals surface area contributed by atoms with E-state index >= 15 is 0 Å². The molecule has 0 unspecified atom stereocenters. The van der Waals surface area contributed by atoms with E-state index in [4.69, 9.17) is 32.7 Å². The van der Waals surface area contributed by atoms with E-state index in [1.54, 1.807) is 42.5 Å². The van der Waals surface area contributed by atoms with Crippen molar-refractivity contribution in [3.8, 4) is 11.5 Å². The minimum atomic E-state index is -0.151. The Hall–Kier alpha value is -2.95. The predicted octanol–water partition coefficient (Wildman–Crippen LogP) is 6.25. The molecule has 0 atom stereocenters. The van der Waals surface area contributed by atoms with Gasteiger partial charge in [0.1, 0.15) is 18.1 Å². The van der Waals surface area contributed by atoms with Crippen LogP contribution in [0.2, 0.25) is 10.0 Å². The van der Waals surface area contributed by atoms with Crippen LogP contribution in [-0.4, -0.2) is 19.9 Å². The predicted molar refractivity (Wildman–Crippen MR) is 121 cm³/mol. The Morgan fingerprint density at radius 1 is 1.00 bits per heavy atom. The quantitative estimate of drug-likeness (QED) is 0.440. The SMILES string of the molecule is CN(C)c1ccc(/C=C2\Oc3cc(OCc4c(Cl)cccc4Cl)ccc3C2=O)cc1. The summed E-state index contributed by atoms with van der Waals surface area (Å²) in [5, 5.41) is 1.08. The van der Waals surface area contributed by atoms with E-state index in [-0.39, 0.29) is 18.1 Å². The molecule has 0 saturated heterocycles. The Balaban J connectivity index is 1.51. The van der Waals surface area contributed by atoms with Gasteiger partial charge in [-0.25, -0.2) is 0 Å². The van der Waals surface area contributed by atoms with E-state index in [0.717, 1.165) is 11.3 Å². The molecule has 4 nitrogen and oxygen atoms in total. The van der Waals surface area contributed by atoms with Gasteiger partial charge in [0.15, 0.2) is 5.76 Å². The third-order valence-electron chi connectivity index (χ3n) is 4.79. The van der Waals surface area contributed by atoms with Crippen molar-refractivity contribution in [2.75, 3.05) is 19.0 Å². The highest BCUT2D eigenvalue weighted by atomic mass is 35.5. The average Bonchev–Trinajstić information content (AvgIpc) is 3.03. The zero-order valence-corrected chi connectivity index (χ0v) is 18.0. The molecule has 6 heteroatoms. The molecule has 4 rings (SSSR count). The second-order valence-corrected chi connectivity index (χ2v) is 7.89. The van der Waals surface area contributed by atoms with E-state index < -0.39 is 0 Å². The number of halogens is 2. The van der Waals surface area contributed by atoms with Crippen LogP contribution in [0.25, 0.3) is 6.08 Å². The topological polar surface area (TPSA) is 38.8 Å². The number of nitrogens with zero attached hydrogens (tertiary/aromatic N) is 1. The summed E-state index contributed by atoms with van der Waals surface area (Å²) in [7, 11) is 3.96. The Labute approximate surface area is 185 Å². The lowest BCUT2D eigenvalue weighted by molar-refractivity contribution is 0.101. The maximum Gasteiger partial charge on any atom is 0.231 e. The zero-order valence-electron chi connectivity index (χ0n) is 16.5. The number of rotatable bonds is 5. The van der Waals surface area contributed by atoms with E-state index in [1.807, 2.05) is 43.3 Å². The van der Waals surface area contributed by atoms with Crippen LogP contribution in [0.3, 0.4) is 0 Å². The number of anilines is 1. The van der Waals surface area contributed by atoms with Crippen LogP contribution in [-0.2, 0) is 6.61 Å². The first-order valence-electron chi connectivity index (χ1n) is 9.34. The van der Waals surface area contributed by atoms with Crippen molar-refractivity contribution in [2.24, 2.45) is 0 Å². The standard InChI is InChI=1S/C24H19Cl2NO3/c1-27(2)16-8-6-15(7-9-16)12-23-24(28)18-11-10-17(13-22(18)30-23)29-14-19-20(25)4-3-5-21(19)26/h3-13H,14H2,1-2H3/b23-12-. The van der Waals surface area contributed by atoms with Crippen LogP contribution >= 0.6 is 23.2 Å². The molecule has 30 heavy (non-hydrogen) atoms. The van der Waals surface area contributed by atoms with Crippen molar-refractivity contribution >= 4 is 40.7 Å². The van der Waals surface area contributed by atoms with Crippen molar-refractivity contribution in [3.05, 3.63) is 93.2 Å². The first-order valence-corrected chi connectivity index (χ1v) is 10.1. The smallest absolute Gasteiger partial charge is 0.231 e. The van der Waals surface area contributed by atoms with E-state index in [0.29, 0.717) is 32.7 Å². The molecule has 3 aromatic rings. The molecule has 3 aromatic carbocycles. The number of carbonyl (C=O) groups is 1. The fourth-order valence-corrected chi connectivity index (χ4v) is 3.61. The van der Waals surface area contributed by atoms with Gasteiger partial charge in [-0.05, 0) is 48.0 Å². The van der Waals surface area contributed by atoms with Crippen LogP contribution in [0.5, 0.6) is 11.5 Å². The molecule has 1 heterocycles. The van der Waals surface area contributed by atoms with Gasteiger partial charge in [-0.1, -0.05) is 41.4 Å². The summed E-state index contributed by atoms with van der Waals surface area (Å²) in [5.41, 5.74) is 3.19. The fraction of sp³-hybridized carbons (Fsp3) is 0.125. The second kappa shape index (κ2) is 8.42. The highest BCUT2D eigenvalue weighted by molar-refractivity contribution is 6.35. The number of hydrogen-bond donors (Lipinski definition) is 0. The lowest BCUT2D eigenvalue weighted by atomic mass is 10.1. The number of carbonyl (C=O) groups excluding carboxylic acids is 1.